The summed E-state index contributed by atoms with van der Waals surface area (Å²) in [7, 11) is 0. The van der Waals surface area contributed by atoms with E-state index < -0.39 is 5.63 Å². The van der Waals surface area contributed by atoms with Crippen LogP contribution in [0.25, 0.3) is 11.0 Å². The summed E-state index contributed by atoms with van der Waals surface area (Å²) in [6.07, 6.45) is 0. The molecule has 3 rings (SSSR count). The number of hydrogen-bond donors (Lipinski definition) is 2. The Hall–Kier alpha value is -2.32. The van der Waals surface area contributed by atoms with Gasteiger partial charge in [0.25, 0.3) is 0 Å². The molecule has 118 valence electrons. The van der Waals surface area contributed by atoms with Crippen LogP contribution in [0.15, 0.2) is 32.6 Å². The molecule has 0 saturated carbocycles. The third-order valence-corrected chi connectivity index (χ3v) is 4.42. The summed E-state index contributed by atoms with van der Waals surface area (Å²) in [6, 6.07) is 4.95. The second-order valence-corrected chi connectivity index (χ2v) is 6.16. The number of rotatable bonds is 3. The van der Waals surface area contributed by atoms with E-state index in [4.69, 9.17) is 27.5 Å². The summed E-state index contributed by atoms with van der Waals surface area (Å²) in [5.41, 5.74) is 12.7. The number of halogens is 1. The molecule has 2 heterocycles. The number of aryl methyl sites for hydroxylation is 1. The zero-order valence-electron chi connectivity index (χ0n) is 12.0. The first-order chi connectivity index (χ1) is 10.9. The molecule has 2 aromatic heterocycles. The summed E-state index contributed by atoms with van der Waals surface area (Å²) < 4.78 is 5.22. The number of fused-ring (bicyclic) bond motifs is 1. The second-order valence-electron chi connectivity index (χ2n) is 4.81. The Morgan fingerprint density at radius 1 is 1.17 bits per heavy atom. The van der Waals surface area contributed by atoms with Crippen molar-refractivity contribution in [1.29, 1.82) is 0 Å². The SMILES string of the molecule is Cc1cc2oc(=O)cc(CSc3nc(N)nc(N)n3)c2cc1Cl. The van der Waals surface area contributed by atoms with Crippen molar-refractivity contribution in [3.63, 3.8) is 0 Å². The van der Waals surface area contributed by atoms with Gasteiger partial charge in [0.1, 0.15) is 5.58 Å². The Morgan fingerprint density at radius 2 is 1.87 bits per heavy atom. The van der Waals surface area contributed by atoms with Gasteiger partial charge in [0, 0.05) is 22.2 Å². The minimum Gasteiger partial charge on any atom is -0.423 e. The average Bonchev–Trinajstić information content (AvgIpc) is 2.45. The lowest BCUT2D eigenvalue weighted by Crippen LogP contribution is -2.04. The van der Waals surface area contributed by atoms with Gasteiger partial charge in [0.15, 0.2) is 5.16 Å². The van der Waals surface area contributed by atoms with E-state index in [9.17, 15) is 4.79 Å². The predicted molar refractivity (Wildman–Crippen MR) is 90.4 cm³/mol. The second kappa shape index (κ2) is 6.05. The summed E-state index contributed by atoms with van der Waals surface area (Å²) in [5.74, 6) is 0.539. The molecule has 9 heteroatoms. The van der Waals surface area contributed by atoms with Gasteiger partial charge < -0.3 is 15.9 Å². The predicted octanol–water partition coefficient (Wildman–Crippen LogP) is 2.40. The highest BCUT2D eigenvalue weighted by Crippen LogP contribution is 2.28. The molecule has 0 aliphatic rings. The van der Waals surface area contributed by atoms with Crippen molar-refractivity contribution >= 4 is 46.2 Å². The fraction of sp³-hybridized carbons (Fsp3) is 0.143. The van der Waals surface area contributed by atoms with Crippen LogP contribution in [0.4, 0.5) is 11.9 Å². The number of nitrogens with two attached hydrogens (primary N) is 2. The molecule has 0 aliphatic carbocycles. The van der Waals surface area contributed by atoms with Crippen molar-refractivity contribution in [2.45, 2.75) is 17.8 Å². The Kier molecular flexibility index (Phi) is 4.10. The zero-order valence-corrected chi connectivity index (χ0v) is 13.6. The Labute approximate surface area is 140 Å². The third kappa shape index (κ3) is 3.38. The topological polar surface area (TPSA) is 121 Å². The van der Waals surface area contributed by atoms with Crippen LogP contribution in [0, 0.1) is 6.92 Å². The number of benzene rings is 1. The van der Waals surface area contributed by atoms with Gasteiger partial charge in [-0.3, -0.25) is 0 Å². The molecule has 0 saturated heterocycles. The van der Waals surface area contributed by atoms with Gasteiger partial charge in [-0.05, 0) is 30.2 Å². The Balaban J connectivity index is 1.99. The number of thioether (sulfide) groups is 1. The first-order valence-electron chi connectivity index (χ1n) is 6.55. The van der Waals surface area contributed by atoms with Gasteiger partial charge in [-0.15, -0.1) is 0 Å². The van der Waals surface area contributed by atoms with Crippen molar-refractivity contribution < 1.29 is 4.42 Å². The van der Waals surface area contributed by atoms with Crippen LogP contribution in [-0.2, 0) is 5.75 Å². The van der Waals surface area contributed by atoms with Crippen molar-refractivity contribution in [1.82, 2.24) is 15.0 Å². The van der Waals surface area contributed by atoms with E-state index in [-0.39, 0.29) is 11.9 Å². The van der Waals surface area contributed by atoms with E-state index in [0.29, 0.717) is 21.5 Å². The van der Waals surface area contributed by atoms with Crippen LogP contribution in [0.1, 0.15) is 11.1 Å². The standard InChI is InChI=1S/C14H12ClN5O2S/c1-6-2-10-8(4-9(6)15)7(3-11(21)22-10)5-23-14-19-12(16)18-13(17)20-14/h2-4H,5H2,1H3,(H4,16,17,18,19,20). The highest BCUT2D eigenvalue weighted by molar-refractivity contribution is 7.98. The fourth-order valence-electron chi connectivity index (χ4n) is 2.06. The van der Waals surface area contributed by atoms with E-state index in [1.54, 1.807) is 12.1 Å². The molecular weight excluding hydrogens is 338 g/mol. The maximum absolute atomic E-state index is 11.7. The molecule has 0 spiro atoms. The van der Waals surface area contributed by atoms with Gasteiger partial charge in [0.2, 0.25) is 11.9 Å². The summed E-state index contributed by atoms with van der Waals surface area (Å²) >= 11 is 7.46. The smallest absolute Gasteiger partial charge is 0.336 e. The molecular formula is C14H12ClN5O2S. The molecule has 0 radical (unpaired) electrons. The van der Waals surface area contributed by atoms with Crippen LogP contribution in [0.2, 0.25) is 5.02 Å². The lowest BCUT2D eigenvalue weighted by molar-refractivity contribution is 0.559. The van der Waals surface area contributed by atoms with Crippen LogP contribution < -0.4 is 17.1 Å². The molecule has 0 atom stereocenters. The maximum atomic E-state index is 11.7. The molecule has 7 nitrogen and oxygen atoms in total. The summed E-state index contributed by atoms with van der Waals surface area (Å²) in [5, 5.41) is 1.75. The summed E-state index contributed by atoms with van der Waals surface area (Å²) in [6.45, 7) is 1.85. The van der Waals surface area contributed by atoms with Crippen molar-refractivity contribution in [2.24, 2.45) is 0 Å². The van der Waals surface area contributed by atoms with E-state index >= 15 is 0 Å². The van der Waals surface area contributed by atoms with Gasteiger partial charge in [-0.1, -0.05) is 23.4 Å². The quantitative estimate of drug-likeness (QED) is 0.546. The minimum atomic E-state index is -0.426. The van der Waals surface area contributed by atoms with E-state index in [0.717, 1.165) is 16.5 Å². The summed E-state index contributed by atoms with van der Waals surface area (Å²) in [4.78, 5) is 23.4. The molecule has 0 unspecified atom stereocenters. The van der Waals surface area contributed by atoms with Gasteiger partial charge in [-0.2, -0.15) is 15.0 Å². The monoisotopic (exact) mass is 349 g/mol. The van der Waals surface area contributed by atoms with Crippen LogP contribution in [0.3, 0.4) is 0 Å². The molecule has 0 fully saturated rings. The van der Waals surface area contributed by atoms with E-state index in [1.165, 1.54) is 17.8 Å². The van der Waals surface area contributed by atoms with Gasteiger partial charge in [-0.25, -0.2) is 4.79 Å². The number of aromatic nitrogens is 3. The molecule has 1 aromatic carbocycles. The zero-order chi connectivity index (χ0) is 16.6. The molecule has 4 N–H and O–H groups in total. The van der Waals surface area contributed by atoms with E-state index in [1.807, 2.05) is 6.92 Å². The van der Waals surface area contributed by atoms with E-state index in [2.05, 4.69) is 15.0 Å². The number of nitrogen functional groups attached to an aromatic ring is 2. The lowest BCUT2D eigenvalue weighted by Gasteiger charge is -2.07. The van der Waals surface area contributed by atoms with Crippen molar-refractivity contribution in [2.75, 3.05) is 11.5 Å². The normalized spacial score (nSPS) is 11.0. The molecule has 23 heavy (non-hydrogen) atoms. The Bertz CT molecular complexity index is 940. The highest BCUT2D eigenvalue weighted by Gasteiger charge is 2.10. The number of anilines is 2. The average molecular weight is 350 g/mol. The third-order valence-electron chi connectivity index (χ3n) is 3.12. The van der Waals surface area contributed by atoms with Crippen molar-refractivity contribution in [3.05, 3.63) is 44.8 Å². The number of nitrogens with zero attached hydrogens (tertiary/aromatic N) is 3. The maximum Gasteiger partial charge on any atom is 0.336 e. The van der Waals surface area contributed by atoms with Crippen LogP contribution >= 0.6 is 23.4 Å². The molecule has 3 aromatic rings. The molecule has 0 amide bonds. The highest BCUT2D eigenvalue weighted by atomic mass is 35.5. The molecule has 0 bridgehead atoms. The molecule has 0 aliphatic heterocycles. The first-order valence-corrected chi connectivity index (χ1v) is 7.91. The van der Waals surface area contributed by atoms with Gasteiger partial charge >= 0.3 is 5.63 Å². The van der Waals surface area contributed by atoms with Crippen LogP contribution in [0.5, 0.6) is 0 Å². The fourth-order valence-corrected chi connectivity index (χ4v) is 3.07. The van der Waals surface area contributed by atoms with Crippen LogP contribution in [-0.4, -0.2) is 15.0 Å². The largest absolute Gasteiger partial charge is 0.423 e. The minimum absolute atomic E-state index is 0.0519. The van der Waals surface area contributed by atoms with Crippen molar-refractivity contribution in [3.8, 4) is 0 Å². The first kappa shape index (κ1) is 15.6. The van der Waals surface area contributed by atoms with Gasteiger partial charge in [0.05, 0.1) is 0 Å². The number of hydrogen-bond acceptors (Lipinski definition) is 8. The Morgan fingerprint density at radius 3 is 2.57 bits per heavy atom. The lowest BCUT2D eigenvalue weighted by atomic mass is 10.1.